The van der Waals surface area contributed by atoms with E-state index < -0.39 is 11.7 Å². The maximum atomic E-state index is 12.9. The summed E-state index contributed by atoms with van der Waals surface area (Å²) in [5.41, 5.74) is 0.128. The van der Waals surface area contributed by atoms with Gasteiger partial charge in [-0.15, -0.1) is 0 Å². The zero-order chi connectivity index (χ0) is 16.7. The molecule has 0 aromatic heterocycles. The third kappa shape index (κ3) is 3.18. The summed E-state index contributed by atoms with van der Waals surface area (Å²) in [6.45, 7) is 4.62. The number of allylic oxidation sites excluding steroid dienone is 2. The van der Waals surface area contributed by atoms with Gasteiger partial charge in [0.1, 0.15) is 0 Å². The first-order chi connectivity index (χ1) is 11.5. The molecule has 1 saturated heterocycles. The molecule has 0 radical (unpaired) electrons. The molecule has 1 aliphatic heterocycles. The third-order valence-corrected chi connectivity index (χ3v) is 5.82. The molecule has 2 nitrogen and oxygen atoms in total. The quantitative estimate of drug-likeness (QED) is 0.769. The van der Waals surface area contributed by atoms with Gasteiger partial charge in [0.05, 0.1) is 5.56 Å². The Morgan fingerprint density at radius 1 is 1.00 bits per heavy atom. The van der Waals surface area contributed by atoms with Crippen molar-refractivity contribution in [3.8, 4) is 0 Å². The van der Waals surface area contributed by atoms with Crippen LogP contribution in [0.3, 0.4) is 0 Å². The summed E-state index contributed by atoms with van der Waals surface area (Å²) in [5.74, 6) is 2.34. The molecule has 1 saturated carbocycles. The molecule has 4 rings (SSSR count). The lowest BCUT2D eigenvalue weighted by molar-refractivity contribution is -0.137. The molecule has 5 heteroatoms. The topological polar surface area (TPSA) is 6.48 Å². The standard InChI is InChI=1S/C19H23F3N2/c20-19(21,22)17-2-1-3-18(12-17)24-8-6-23(7-9-24)13-16-11-14-4-5-15(16)10-14/h1-5,12,14-16H,6-11,13H2/t14-,15+,16+/m0/s1. The molecular formula is C19H23F3N2. The molecule has 1 aromatic rings. The lowest BCUT2D eigenvalue weighted by Gasteiger charge is -2.38. The summed E-state index contributed by atoms with van der Waals surface area (Å²) < 4.78 is 38.6. The molecule has 2 aliphatic carbocycles. The summed E-state index contributed by atoms with van der Waals surface area (Å²) in [5, 5.41) is 0. The predicted molar refractivity (Wildman–Crippen MR) is 88.9 cm³/mol. The van der Waals surface area contributed by atoms with Gasteiger partial charge in [0.2, 0.25) is 0 Å². The van der Waals surface area contributed by atoms with Crippen molar-refractivity contribution in [2.75, 3.05) is 37.6 Å². The van der Waals surface area contributed by atoms with Gasteiger partial charge in [-0.2, -0.15) is 13.2 Å². The van der Waals surface area contributed by atoms with E-state index >= 15 is 0 Å². The second-order valence-corrected chi connectivity index (χ2v) is 7.38. The lowest BCUT2D eigenvalue weighted by atomic mass is 9.93. The number of nitrogens with zero attached hydrogens (tertiary/aromatic N) is 2. The Balaban J connectivity index is 1.34. The molecule has 2 bridgehead atoms. The highest BCUT2D eigenvalue weighted by Gasteiger charge is 2.37. The fourth-order valence-electron chi connectivity index (χ4n) is 4.50. The fourth-order valence-corrected chi connectivity index (χ4v) is 4.50. The highest BCUT2D eigenvalue weighted by molar-refractivity contribution is 5.49. The zero-order valence-electron chi connectivity index (χ0n) is 13.7. The number of hydrogen-bond donors (Lipinski definition) is 0. The number of piperazine rings is 1. The van der Waals surface area contributed by atoms with E-state index in [-0.39, 0.29) is 0 Å². The van der Waals surface area contributed by atoms with Crippen LogP contribution < -0.4 is 4.90 Å². The smallest absolute Gasteiger partial charge is 0.369 e. The molecule has 2 fully saturated rings. The Hall–Kier alpha value is -1.49. The predicted octanol–water partition coefficient (Wildman–Crippen LogP) is 4.04. The SMILES string of the molecule is FC(F)(F)c1cccc(N2CCN(C[C@H]3C[C@H]4C=C[C@@H]3C4)CC2)c1. The minimum absolute atomic E-state index is 0.559. The molecule has 3 atom stereocenters. The summed E-state index contributed by atoms with van der Waals surface area (Å²) in [6.07, 6.45) is 3.13. The molecule has 0 unspecified atom stereocenters. The maximum absolute atomic E-state index is 12.9. The molecular weight excluding hydrogens is 313 g/mol. The Kier molecular flexibility index (Phi) is 4.07. The Morgan fingerprint density at radius 3 is 2.42 bits per heavy atom. The molecule has 1 aromatic carbocycles. The lowest BCUT2D eigenvalue weighted by Crippen LogP contribution is -2.48. The van der Waals surface area contributed by atoms with Gasteiger partial charge in [0.25, 0.3) is 0 Å². The van der Waals surface area contributed by atoms with Crippen molar-refractivity contribution < 1.29 is 13.2 Å². The van der Waals surface area contributed by atoms with Gasteiger partial charge in [-0.25, -0.2) is 0 Å². The van der Waals surface area contributed by atoms with Crippen molar-refractivity contribution >= 4 is 5.69 Å². The second kappa shape index (κ2) is 6.10. The van der Waals surface area contributed by atoms with Crippen molar-refractivity contribution in [1.29, 1.82) is 0 Å². The van der Waals surface area contributed by atoms with Crippen LogP contribution in [0, 0.1) is 17.8 Å². The monoisotopic (exact) mass is 336 g/mol. The molecule has 0 amide bonds. The zero-order valence-corrected chi connectivity index (χ0v) is 13.7. The summed E-state index contributed by atoms with van der Waals surface area (Å²) in [6, 6.07) is 5.70. The number of anilines is 1. The number of alkyl halides is 3. The van der Waals surface area contributed by atoms with E-state index in [9.17, 15) is 13.2 Å². The van der Waals surface area contributed by atoms with Crippen molar-refractivity contribution in [3.63, 3.8) is 0 Å². The fraction of sp³-hybridized carbons (Fsp3) is 0.579. The third-order valence-electron chi connectivity index (χ3n) is 5.82. The van der Waals surface area contributed by atoms with Crippen molar-refractivity contribution in [2.45, 2.75) is 19.0 Å². The van der Waals surface area contributed by atoms with E-state index in [4.69, 9.17) is 0 Å². The van der Waals surface area contributed by atoms with Gasteiger partial charge in [0, 0.05) is 38.4 Å². The van der Waals surface area contributed by atoms with Crippen LogP contribution >= 0.6 is 0 Å². The average molecular weight is 336 g/mol. The normalized spacial score (nSPS) is 30.3. The van der Waals surface area contributed by atoms with Gasteiger partial charge in [-0.1, -0.05) is 18.2 Å². The van der Waals surface area contributed by atoms with Crippen LogP contribution in [-0.2, 0) is 6.18 Å². The highest BCUT2D eigenvalue weighted by atomic mass is 19.4. The van der Waals surface area contributed by atoms with Gasteiger partial charge in [-0.3, -0.25) is 4.90 Å². The number of rotatable bonds is 3. The van der Waals surface area contributed by atoms with E-state index in [0.29, 0.717) is 5.69 Å². The van der Waals surface area contributed by atoms with E-state index in [1.807, 2.05) is 0 Å². The number of fused-ring (bicyclic) bond motifs is 2. The van der Waals surface area contributed by atoms with Crippen LogP contribution in [0.5, 0.6) is 0 Å². The number of benzene rings is 1. The first-order valence-electron chi connectivity index (χ1n) is 8.82. The summed E-state index contributed by atoms with van der Waals surface area (Å²) >= 11 is 0. The van der Waals surface area contributed by atoms with Gasteiger partial charge in [-0.05, 0) is 48.8 Å². The Labute approximate surface area is 140 Å². The summed E-state index contributed by atoms with van der Waals surface area (Å²) in [4.78, 5) is 4.57. The molecule has 0 N–H and O–H groups in total. The Bertz CT molecular complexity index is 617. The maximum Gasteiger partial charge on any atom is 0.416 e. The van der Waals surface area contributed by atoms with Crippen LogP contribution in [0.1, 0.15) is 18.4 Å². The molecule has 130 valence electrons. The van der Waals surface area contributed by atoms with Gasteiger partial charge >= 0.3 is 6.18 Å². The first kappa shape index (κ1) is 16.0. The van der Waals surface area contributed by atoms with Crippen molar-refractivity contribution in [3.05, 3.63) is 42.0 Å². The van der Waals surface area contributed by atoms with E-state index in [2.05, 4.69) is 22.0 Å². The minimum Gasteiger partial charge on any atom is -0.369 e. The highest BCUT2D eigenvalue weighted by Crippen LogP contribution is 2.43. The van der Waals surface area contributed by atoms with Crippen LogP contribution in [-0.4, -0.2) is 37.6 Å². The molecule has 24 heavy (non-hydrogen) atoms. The van der Waals surface area contributed by atoms with Gasteiger partial charge in [0.15, 0.2) is 0 Å². The largest absolute Gasteiger partial charge is 0.416 e. The van der Waals surface area contributed by atoms with E-state index in [1.165, 1.54) is 25.0 Å². The van der Waals surface area contributed by atoms with Crippen molar-refractivity contribution in [2.24, 2.45) is 17.8 Å². The average Bonchev–Trinajstić information content (AvgIpc) is 3.18. The second-order valence-electron chi connectivity index (χ2n) is 7.38. The van der Waals surface area contributed by atoms with Crippen molar-refractivity contribution in [1.82, 2.24) is 4.90 Å². The molecule has 0 spiro atoms. The van der Waals surface area contributed by atoms with Crippen LogP contribution in [0.2, 0.25) is 0 Å². The van der Waals surface area contributed by atoms with Crippen LogP contribution in [0.15, 0.2) is 36.4 Å². The van der Waals surface area contributed by atoms with E-state index in [1.54, 1.807) is 6.07 Å². The van der Waals surface area contributed by atoms with Crippen LogP contribution in [0.25, 0.3) is 0 Å². The summed E-state index contributed by atoms with van der Waals surface area (Å²) in [7, 11) is 0. The van der Waals surface area contributed by atoms with Gasteiger partial charge < -0.3 is 4.90 Å². The first-order valence-corrected chi connectivity index (χ1v) is 8.82. The number of hydrogen-bond acceptors (Lipinski definition) is 2. The van der Waals surface area contributed by atoms with Crippen LogP contribution in [0.4, 0.5) is 18.9 Å². The van der Waals surface area contributed by atoms with E-state index in [0.717, 1.165) is 56.5 Å². The molecule has 3 aliphatic rings. The molecule has 1 heterocycles. The Morgan fingerprint density at radius 2 is 1.79 bits per heavy atom. The minimum atomic E-state index is -4.27. The number of halogens is 3.